The summed E-state index contributed by atoms with van der Waals surface area (Å²) < 4.78 is 22.8. The summed E-state index contributed by atoms with van der Waals surface area (Å²) >= 11 is 0. The first-order chi connectivity index (χ1) is 40.6. The smallest absolute Gasteiger partial charge is 0.361 e. The predicted octanol–water partition coefficient (Wildman–Crippen LogP) is 19.7. The normalized spacial score (nSPS) is 14.0. The third kappa shape index (κ3) is 63.8. The zero-order chi connectivity index (χ0) is 60.5. The van der Waals surface area contributed by atoms with Gasteiger partial charge in [-0.25, -0.2) is 4.79 Å². The molecule has 0 aliphatic carbocycles. The number of hydrogen-bond donors (Lipinski definition) is 1. The predicted molar refractivity (Wildman–Crippen MR) is 354 cm³/mol. The third-order valence-corrected chi connectivity index (χ3v) is 12.7. The summed E-state index contributed by atoms with van der Waals surface area (Å²) in [6, 6.07) is 0. The van der Waals surface area contributed by atoms with Crippen LogP contribution in [0.25, 0.3) is 0 Å². The molecule has 0 bridgehead atoms. The number of carboxylic acids is 1. The summed E-state index contributed by atoms with van der Waals surface area (Å²) in [5, 5.41) is 9.71. The standard InChI is InChI=1S/C74H115NO8/c1-6-8-10-12-14-16-18-20-22-24-26-27-28-29-30-31-32-33-34-35-36-37-38-39-40-41-42-43-44-45-47-49-51-53-55-57-59-61-63-65-72(77)83-70(69-82-74(73(78)79)80-67-66-75(3,4)5)68-81-71(76)64-62-60-58-56-54-52-50-48-46-25-23-21-19-17-15-13-11-9-7-2/h8-11,14-17,20-23,26-27,29-30,32-33,35-36,38-39,41-42,46,48,52,54,58,60,70,74H,6-7,12-13,18-19,24-25,28,31,34,37,40,43-45,47,49-51,53,55-57,59,61-69H2,1-5H3/p+1/b10-8-,11-9-,16-14-,17-15-,22-20-,23-21-,27-26-,30-29-,33-32-,36-35-,39-38-,42-41-,48-46-,54-52-,60-58-. The van der Waals surface area contributed by atoms with E-state index in [0.29, 0.717) is 23.9 Å². The van der Waals surface area contributed by atoms with E-state index in [0.717, 1.165) is 122 Å². The molecular weight excluding hydrogens is 1030 g/mol. The molecule has 0 amide bonds. The zero-order valence-electron chi connectivity index (χ0n) is 52.8. The number of esters is 2. The maximum Gasteiger partial charge on any atom is 0.361 e. The lowest BCUT2D eigenvalue weighted by Gasteiger charge is -2.25. The number of allylic oxidation sites excluding steroid dienone is 30. The molecule has 2 unspecified atom stereocenters. The van der Waals surface area contributed by atoms with Crippen molar-refractivity contribution in [3.05, 3.63) is 182 Å². The van der Waals surface area contributed by atoms with Crippen molar-refractivity contribution in [3.63, 3.8) is 0 Å². The summed E-state index contributed by atoms with van der Waals surface area (Å²) in [5.74, 6) is -2.14. The van der Waals surface area contributed by atoms with E-state index in [1.807, 2.05) is 33.3 Å². The fraction of sp³-hybridized carbons (Fsp3) is 0.554. The van der Waals surface area contributed by atoms with E-state index in [1.54, 1.807) is 0 Å². The molecule has 0 aromatic heterocycles. The summed E-state index contributed by atoms with van der Waals surface area (Å²) in [7, 11) is 5.93. The highest BCUT2D eigenvalue weighted by molar-refractivity contribution is 5.71. The van der Waals surface area contributed by atoms with E-state index in [9.17, 15) is 19.5 Å². The van der Waals surface area contributed by atoms with Crippen LogP contribution in [-0.4, -0.2) is 87.4 Å². The fourth-order valence-electron chi connectivity index (χ4n) is 7.85. The Morgan fingerprint density at radius 2 is 0.675 bits per heavy atom. The van der Waals surface area contributed by atoms with Gasteiger partial charge in [0.05, 0.1) is 34.4 Å². The highest BCUT2D eigenvalue weighted by atomic mass is 16.7. The molecule has 464 valence electrons. The van der Waals surface area contributed by atoms with Gasteiger partial charge in [0.15, 0.2) is 6.10 Å². The van der Waals surface area contributed by atoms with Crippen LogP contribution in [0.2, 0.25) is 0 Å². The molecule has 0 aliphatic heterocycles. The Balaban J connectivity index is 4.24. The first-order valence-corrected chi connectivity index (χ1v) is 31.9. The maximum atomic E-state index is 12.9. The van der Waals surface area contributed by atoms with Crippen LogP contribution in [0.5, 0.6) is 0 Å². The largest absolute Gasteiger partial charge is 0.477 e. The van der Waals surface area contributed by atoms with Crippen molar-refractivity contribution >= 4 is 17.9 Å². The van der Waals surface area contributed by atoms with Crippen molar-refractivity contribution < 1.29 is 42.9 Å². The lowest BCUT2D eigenvalue weighted by Crippen LogP contribution is -2.40. The average molecular weight is 1150 g/mol. The summed E-state index contributed by atoms with van der Waals surface area (Å²) in [4.78, 5) is 37.4. The van der Waals surface area contributed by atoms with E-state index in [-0.39, 0.29) is 32.7 Å². The second-order valence-corrected chi connectivity index (χ2v) is 21.6. The average Bonchev–Trinajstić information content (AvgIpc) is 3.46. The quantitative estimate of drug-likeness (QED) is 0.0211. The van der Waals surface area contributed by atoms with Gasteiger partial charge in [-0.3, -0.25) is 9.59 Å². The topological polar surface area (TPSA) is 108 Å². The summed E-state index contributed by atoms with van der Waals surface area (Å²) in [6.45, 7) is 4.53. The number of likely N-dealkylation sites (N-methyl/N-ethyl adjacent to an activating group) is 1. The molecule has 0 aromatic carbocycles. The molecule has 0 saturated heterocycles. The van der Waals surface area contributed by atoms with Gasteiger partial charge in [0.25, 0.3) is 6.29 Å². The number of hydrogen-bond acceptors (Lipinski definition) is 7. The van der Waals surface area contributed by atoms with Gasteiger partial charge in [0.1, 0.15) is 13.2 Å². The van der Waals surface area contributed by atoms with Crippen LogP contribution in [0.4, 0.5) is 0 Å². The van der Waals surface area contributed by atoms with Gasteiger partial charge in [-0.2, -0.15) is 0 Å². The minimum atomic E-state index is -1.54. The molecule has 1 N–H and O–H groups in total. The van der Waals surface area contributed by atoms with E-state index < -0.39 is 30.3 Å². The molecular formula is C74H116NO8+. The van der Waals surface area contributed by atoms with E-state index in [2.05, 4.69) is 184 Å². The monoisotopic (exact) mass is 1150 g/mol. The van der Waals surface area contributed by atoms with Crippen LogP contribution >= 0.6 is 0 Å². The van der Waals surface area contributed by atoms with Crippen molar-refractivity contribution in [2.24, 2.45) is 0 Å². The summed E-state index contributed by atoms with van der Waals surface area (Å²) in [6.07, 6.45) is 92.9. The van der Waals surface area contributed by atoms with Gasteiger partial charge in [-0.05, 0) is 122 Å². The second-order valence-electron chi connectivity index (χ2n) is 21.6. The van der Waals surface area contributed by atoms with Crippen molar-refractivity contribution in [1.82, 2.24) is 0 Å². The van der Waals surface area contributed by atoms with Crippen LogP contribution in [0.3, 0.4) is 0 Å². The van der Waals surface area contributed by atoms with Gasteiger partial charge in [0, 0.05) is 12.8 Å². The highest BCUT2D eigenvalue weighted by Gasteiger charge is 2.25. The van der Waals surface area contributed by atoms with Crippen LogP contribution < -0.4 is 0 Å². The lowest BCUT2D eigenvalue weighted by atomic mass is 10.0. The molecule has 0 rings (SSSR count). The van der Waals surface area contributed by atoms with E-state index in [1.165, 1.54) is 44.9 Å². The molecule has 9 nitrogen and oxygen atoms in total. The number of unbranched alkanes of at least 4 members (excludes halogenated alkanes) is 11. The maximum absolute atomic E-state index is 12.9. The summed E-state index contributed by atoms with van der Waals surface area (Å²) in [5.41, 5.74) is 0. The number of carboxylic acid groups (broad SMARTS) is 1. The Hall–Kier alpha value is -5.61. The number of carbonyl (C=O) groups is 3. The molecule has 0 aliphatic rings. The van der Waals surface area contributed by atoms with Crippen LogP contribution in [0.15, 0.2) is 182 Å². The molecule has 0 fully saturated rings. The molecule has 9 heteroatoms. The number of rotatable bonds is 56. The van der Waals surface area contributed by atoms with Crippen molar-refractivity contribution in [2.45, 2.75) is 219 Å². The van der Waals surface area contributed by atoms with Gasteiger partial charge >= 0.3 is 17.9 Å². The van der Waals surface area contributed by atoms with Crippen molar-refractivity contribution in [3.8, 4) is 0 Å². The van der Waals surface area contributed by atoms with Gasteiger partial charge < -0.3 is 28.5 Å². The van der Waals surface area contributed by atoms with Crippen LogP contribution in [0.1, 0.15) is 206 Å². The number of nitrogens with zero attached hydrogens (tertiary/aromatic N) is 1. The lowest BCUT2D eigenvalue weighted by molar-refractivity contribution is -0.870. The molecule has 0 aromatic rings. The number of carbonyl (C=O) groups excluding carboxylic acids is 2. The van der Waals surface area contributed by atoms with Gasteiger partial charge in [-0.15, -0.1) is 0 Å². The van der Waals surface area contributed by atoms with Crippen molar-refractivity contribution in [1.29, 1.82) is 0 Å². The molecule has 0 spiro atoms. The van der Waals surface area contributed by atoms with E-state index >= 15 is 0 Å². The fourth-order valence-corrected chi connectivity index (χ4v) is 7.85. The molecule has 0 heterocycles. The third-order valence-electron chi connectivity index (χ3n) is 12.7. The molecule has 0 saturated carbocycles. The first kappa shape index (κ1) is 77.4. The Kier molecular flexibility index (Phi) is 58.2. The Morgan fingerprint density at radius 3 is 1.01 bits per heavy atom. The van der Waals surface area contributed by atoms with E-state index in [4.69, 9.17) is 18.9 Å². The Bertz CT molecular complexity index is 2010. The van der Waals surface area contributed by atoms with Gasteiger partial charge in [0.2, 0.25) is 0 Å². The SMILES string of the molecule is CC/C=C\C/C=C\C/C=C\C/C=C\C/C=C\C/C=C\C/C=C\C/C=C\C/C=C\CCCCCCCCCCCCCC(=O)OC(COC(=O)CC/C=C\C/C=C\C/C=C\C/C=C\C/C=C\C/C=C\CC)COC(OCC[N+](C)(C)C)C(=O)O. The van der Waals surface area contributed by atoms with Crippen LogP contribution in [-0.2, 0) is 33.3 Å². The molecule has 0 radical (unpaired) electrons. The Morgan fingerprint density at radius 1 is 0.361 bits per heavy atom. The van der Waals surface area contributed by atoms with Gasteiger partial charge in [-0.1, -0.05) is 254 Å². The second kappa shape index (κ2) is 62.4. The molecule has 2 atom stereocenters. The van der Waals surface area contributed by atoms with Crippen molar-refractivity contribution in [2.75, 3.05) is 47.5 Å². The first-order valence-electron chi connectivity index (χ1n) is 31.9. The van der Waals surface area contributed by atoms with Crippen LogP contribution in [0, 0.1) is 0 Å². The number of quaternary nitrogens is 1. The number of aliphatic carboxylic acids is 1. The minimum absolute atomic E-state index is 0.166. The highest BCUT2D eigenvalue weighted by Crippen LogP contribution is 2.14. The minimum Gasteiger partial charge on any atom is -0.477 e. The Labute approximate surface area is 507 Å². The molecule has 83 heavy (non-hydrogen) atoms. The number of ether oxygens (including phenoxy) is 4. The zero-order valence-corrected chi connectivity index (χ0v) is 52.8.